The summed E-state index contributed by atoms with van der Waals surface area (Å²) in [6.07, 6.45) is 0. The van der Waals surface area contributed by atoms with Gasteiger partial charge in [0.25, 0.3) is 0 Å². The normalized spacial score (nSPS) is 18.8. The Kier molecular flexibility index (Phi) is 4.80. The van der Waals surface area contributed by atoms with Crippen LogP contribution >= 0.6 is 24.0 Å². The maximum atomic E-state index is 8.92. The van der Waals surface area contributed by atoms with Gasteiger partial charge >= 0.3 is 0 Å². The molecule has 5 nitrogen and oxygen atoms in total. The van der Waals surface area contributed by atoms with E-state index in [1.54, 1.807) is 0 Å². The Hall–Kier alpha value is -0.0800. The highest BCUT2D eigenvalue weighted by molar-refractivity contribution is 14.0. The molecular formula is C6H14IN3O2. The second kappa shape index (κ2) is 4.83. The molecule has 0 atom stereocenters. The Bertz CT molecular complexity index is 161. The number of halogens is 1. The van der Waals surface area contributed by atoms with Crippen molar-refractivity contribution < 1.29 is 9.84 Å². The molecule has 0 aliphatic carbocycles. The van der Waals surface area contributed by atoms with Gasteiger partial charge in [0, 0.05) is 0 Å². The van der Waals surface area contributed by atoms with Crippen LogP contribution in [-0.4, -0.2) is 37.4 Å². The van der Waals surface area contributed by atoms with E-state index >= 15 is 0 Å². The number of aliphatic hydroxyl groups is 1. The summed E-state index contributed by atoms with van der Waals surface area (Å²) < 4.78 is 4.95. The zero-order valence-corrected chi connectivity index (χ0v) is 9.02. The molecule has 1 fully saturated rings. The highest BCUT2D eigenvalue weighted by Gasteiger charge is 2.37. The fourth-order valence-corrected chi connectivity index (χ4v) is 0.882. The number of guanidine groups is 1. The highest BCUT2D eigenvalue weighted by atomic mass is 127. The van der Waals surface area contributed by atoms with E-state index in [1.165, 1.54) is 0 Å². The summed E-state index contributed by atoms with van der Waals surface area (Å²) in [7, 11) is 0. The summed E-state index contributed by atoms with van der Waals surface area (Å²) in [5.74, 6) is 0.0599. The Morgan fingerprint density at radius 2 is 2.08 bits per heavy atom. The number of aliphatic hydroxyl groups excluding tert-OH is 1. The fraction of sp³-hybridized carbons (Fsp3) is 0.833. The molecule has 12 heavy (non-hydrogen) atoms. The second-order valence-electron chi connectivity index (χ2n) is 2.89. The molecule has 0 saturated carbocycles. The summed E-state index contributed by atoms with van der Waals surface area (Å²) in [6, 6.07) is 0. The average molecular weight is 287 g/mol. The van der Waals surface area contributed by atoms with Crippen molar-refractivity contribution in [3.63, 3.8) is 0 Å². The van der Waals surface area contributed by atoms with Crippen molar-refractivity contribution in [1.29, 1.82) is 0 Å². The van der Waals surface area contributed by atoms with E-state index in [0.29, 0.717) is 19.8 Å². The topological polar surface area (TPSA) is 93.9 Å². The van der Waals surface area contributed by atoms with E-state index in [1.807, 2.05) is 0 Å². The second-order valence-corrected chi connectivity index (χ2v) is 2.89. The smallest absolute Gasteiger partial charge is 0.185 e. The molecule has 0 aromatic carbocycles. The molecule has 0 aromatic rings. The number of nitrogens with zero attached hydrogens (tertiary/aromatic N) is 1. The van der Waals surface area contributed by atoms with Gasteiger partial charge in [0.05, 0.1) is 31.8 Å². The molecule has 1 rings (SSSR count). The molecule has 6 heteroatoms. The molecule has 0 radical (unpaired) electrons. The lowest BCUT2D eigenvalue weighted by Crippen LogP contribution is -2.48. The van der Waals surface area contributed by atoms with Gasteiger partial charge in [-0.25, -0.2) is 0 Å². The van der Waals surface area contributed by atoms with Crippen molar-refractivity contribution in [3.05, 3.63) is 0 Å². The summed E-state index contributed by atoms with van der Waals surface area (Å²) in [4.78, 5) is 3.82. The molecule has 72 valence electrons. The van der Waals surface area contributed by atoms with Crippen LogP contribution in [0, 0.1) is 5.41 Å². The minimum absolute atomic E-state index is 0. The van der Waals surface area contributed by atoms with Crippen molar-refractivity contribution in [1.82, 2.24) is 0 Å². The largest absolute Gasteiger partial charge is 0.396 e. The van der Waals surface area contributed by atoms with E-state index in [9.17, 15) is 0 Å². The molecule has 0 aromatic heterocycles. The van der Waals surface area contributed by atoms with Crippen LogP contribution in [0.3, 0.4) is 0 Å². The third kappa shape index (κ3) is 2.76. The van der Waals surface area contributed by atoms with Gasteiger partial charge in [0.2, 0.25) is 0 Å². The van der Waals surface area contributed by atoms with Gasteiger partial charge in [-0.2, -0.15) is 0 Å². The lowest BCUT2D eigenvalue weighted by atomic mass is 9.87. The SMILES string of the molecule is I.NC(N)=NCC1(CO)COC1. The van der Waals surface area contributed by atoms with Crippen molar-refractivity contribution in [2.75, 3.05) is 26.4 Å². The number of hydrogen-bond donors (Lipinski definition) is 3. The number of nitrogens with two attached hydrogens (primary N) is 2. The Balaban J connectivity index is 0.00000121. The summed E-state index contributed by atoms with van der Waals surface area (Å²) >= 11 is 0. The lowest BCUT2D eigenvalue weighted by molar-refractivity contribution is -0.130. The first-order valence-electron chi connectivity index (χ1n) is 3.42. The Morgan fingerprint density at radius 3 is 2.33 bits per heavy atom. The lowest BCUT2D eigenvalue weighted by Gasteiger charge is -2.38. The van der Waals surface area contributed by atoms with E-state index < -0.39 is 0 Å². The quantitative estimate of drug-likeness (QED) is 0.348. The van der Waals surface area contributed by atoms with Gasteiger partial charge in [0.1, 0.15) is 0 Å². The van der Waals surface area contributed by atoms with Gasteiger partial charge in [-0.15, -0.1) is 24.0 Å². The first kappa shape index (κ1) is 11.9. The third-order valence-electron chi connectivity index (χ3n) is 1.75. The maximum Gasteiger partial charge on any atom is 0.185 e. The number of aliphatic imine (C=N–C) groups is 1. The Morgan fingerprint density at radius 1 is 1.50 bits per heavy atom. The predicted molar refractivity (Wildman–Crippen MR) is 56.4 cm³/mol. The molecular weight excluding hydrogens is 273 g/mol. The van der Waals surface area contributed by atoms with Crippen LogP contribution in [0.1, 0.15) is 0 Å². The van der Waals surface area contributed by atoms with Gasteiger partial charge in [-0.3, -0.25) is 4.99 Å². The molecule has 0 bridgehead atoms. The zero-order chi connectivity index (χ0) is 8.32. The Labute approximate surface area is 88.2 Å². The van der Waals surface area contributed by atoms with E-state index in [-0.39, 0.29) is 42.0 Å². The van der Waals surface area contributed by atoms with Crippen LogP contribution in [-0.2, 0) is 4.74 Å². The molecule has 5 N–H and O–H groups in total. The van der Waals surface area contributed by atoms with Crippen molar-refractivity contribution in [2.24, 2.45) is 21.9 Å². The number of hydrogen-bond acceptors (Lipinski definition) is 3. The highest BCUT2D eigenvalue weighted by Crippen LogP contribution is 2.26. The molecule has 1 aliphatic rings. The molecule has 0 unspecified atom stereocenters. The number of rotatable bonds is 3. The van der Waals surface area contributed by atoms with E-state index in [0.717, 1.165) is 0 Å². The van der Waals surface area contributed by atoms with Crippen LogP contribution < -0.4 is 11.5 Å². The van der Waals surface area contributed by atoms with E-state index in [2.05, 4.69) is 4.99 Å². The van der Waals surface area contributed by atoms with Crippen LogP contribution in [0.4, 0.5) is 0 Å². The first-order valence-corrected chi connectivity index (χ1v) is 3.42. The van der Waals surface area contributed by atoms with Crippen LogP contribution in [0.15, 0.2) is 4.99 Å². The molecule has 1 heterocycles. The minimum atomic E-state index is -0.218. The number of ether oxygens (including phenoxy) is 1. The molecule has 0 amide bonds. The third-order valence-corrected chi connectivity index (χ3v) is 1.75. The van der Waals surface area contributed by atoms with Crippen LogP contribution in [0.5, 0.6) is 0 Å². The van der Waals surface area contributed by atoms with Gasteiger partial charge in [-0.1, -0.05) is 0 Å². The van der Waals surface area contributed by atoms with Crippen molar-refractivity contribution in [2.45, 2.75) is 0 Å². The fourth-order valence-electron chi connectivity index (χ4n) is 0.882. The van der Waals surface area contributed by atoms with Gasteiger partial charge in [0.15, 0.2) is 5.96 Å². The van der Waals surface area contributed by atoms with Gasteiger partial charge in [-0.05, 0) is 0 Å². The minimum Gasteiger partial charge on any atom is -0.396 e. The monoisotopic (exact) mass is 287 g/mol. The standard InChI is InChI=1S/C6H13N3O2.HI/c7-5(8)9-1-6(2-10)3-11-4-6;/h10H,1-4H2,(H4,7,8,9);1H. The summed E-state index contributed by atoms with van der Waals surface area (Å²) in [6.45, 7) is 1.61. The first-order chi connectivity index (χ1) is 5.18. The predicted octanol–water partition coefficient (Wildman–Crippen LogP) is -1.11. The van der Waals surface area contributed by atoms with Gasteiger partial charge < -0.3 is 21.3 Å². The molecule has 1 aliphatic heterocycles. The molecule has 1 saturated heterocycles. The van der Waals surface area contributed by atoms with Crippen LogP contribution in [0.2, 0.25) is 0 Å². The van der Waals surface area contributed by atoms with Crippen molar-refractivity contribution >= 4 is 29.9 Å². The zero-order valence-electron chi connectivity index (χ0n) is 6.69. The van der Waals surface area contributed by atoms with E-state index in [4.69, 9.17) is 21.3 Å². The maximum absolute atomic E-state index is 8.92. The summed E-state index contributed by atoms with van der Waals surface area (Å²) in [5, 5.41) is 8.92. The van der Waals surface area contributed by atoms with Crippen LogP contribution in [0.25, 0.3) is 0 Å². The molecule has 0 spiro atoms. The summed E-state index contributed by atoms with van der Waals surface area (Å²) in [5.41, 5.74) is 10.1. The van der Waals surface area contributed by atoms with Crippen molar-refractivity contribution in [3.8, 4) is 0 Å². The average Bonchev–Trinajstić information content (AvgIpc) is 1.86.